The smallest absolute Gasteiger partial charge is 0.236 e. The Morgan fingerprint density at radius 3 is 2.57 bits per heavy atom. The van der Waals surface area contributed by atoms with Crippen LogP contribution in [0.3, 0.4) is 0 Å². The van der Waals surface area contributed by atoms with Crippen molar-refractivity contribution in [2.24, 2.45) is 5.92 Å². The summed E-state index contributed by atoms with van der Waals surface area (Å²) < 4.78 is 0. The van der Waals surface area contributed by atoms with Crippen LogP contribution in [0.1, 0.15) is 24.0 Å². The fourth-order valence-electron chi connectivity index (χ4n) is 3.08. The standard InChI is InChI=1S/C18H29N3O.ClH/c1-15-6-4-5-7-17(15)13-20(3)18(22)14-21-10-8-16(9-11-21)12-19-2;/h4-7,16,19H,8-14H2,1-3H3;1H. The van der Waals surface area contributed by atoms with Gasteiger partial charge >= 0.3 is 0 Å². The number of nitrogens with zero attached hydrogens (tertiary/aromatic N) is 2. The molecule has 1 saturated heterocycles. The molecule has 0 unspecified atom stereocenters. The van der Waals surface area contributed by atoms with Crippen molar-refractivity contribution in [2.75, 3.05) is 40.3 Å². The van der Waals surface area contributed by atoms with E-state index in [2.05, 4.69) is 29.3 Å². The van der Waals surface area contributed by atoms with Gasteiger partial charge in [0.05, 0.1) is 6.54 Å². The molecule has 0 bridgehead atoms. The molecule has 2 rings (SSSR count). The molecule has 4 nitrogen and oxygen atoms in total. The number of hydrogen-bond donors (Lipinski definition) is 1. The summed E-state index contributed by atoms with van der Waals surface area (Å²) in [5, 5.41) is 3.25. The summed E-state index contributed by atoms with van der Waals surface area (Å²) in [6.45, 7) is 6.51. The first kappa shape index (κ1) is 19.9. The lowest BCUT2D eigenvalue weighted by Gasteiger charge is -2.32. The van der Waals surface area contributed by atoms with Crippen molar-refractivity contribution in [2.45, 2.75) is 26.3 Å². The molecule has 0 saturated carbocycles. The van der Waals surface area contributed by atoms with Gasteiger partial charge in [0.15, 0.2) is 0 Å². The minimum Gasteiger partial charge on any atom is -0.340 e. The lowest BCUT2D eigenvalue weighted by atomic mass is 9.97. The van der Waals surface area contributed by atoms with Gasteiger partial charge in [0.2, 0.25) is 5.91 Å². The Morgan fingerprint density at radius 2 is 1.96 bits per heavy atom. The van der Waals surface area contributed by atoms with E-state index in [0.717, 1.165) is 25.6 Å². The second-order valence-corrected chi connectivity index (χ2v) is 6.45. The van der Waals surface area contributed by atoms with Crippen LogP contribution in [-0.4, -0.2) is 56.0 Å². The van der Waals surface area contributed by atoms with E-state index < -0.39 is 0 Å². The van der Waals surface area contributed by atoms with Crippen LogP contribution in [0.25, 0.3) is 0 Å². The van der Waals surface area contributed by atoms with E-state index in [1.807, 2.05) is 31.1 Å². The Hall–Kier alpha value is -1.10. The zero-order chi connectivity index (χ0) is 15.9. The molecule has 1 N–H and O–H groups in total. The number of carbonyl (C=O) groups excluding carboxylic acids is 1. The Morgan fingerprint density at radius 1 is 1.30 bits per heavy atom. The molecule has 1 aliphatic rings. The number of hydrogen-bond acceptors (Lipinski definition) is 3. The molecule has 0 aliphatic carbocycles. The average Bonchev–Trinajstić information content (AvgIpc) is 2.51. The molecule has 1 amide bonds. The van der Waals surface area contributed by atoms with Crippen molar-refractivity contribution in [1.29, 1.82) is 0 Å². The molecule has 1 fully saturated rings. The maximum atomic E-state index is 12.4. The van der Waals surface area contributed by atoms with Crippen molar-refractivity contribution in [3.8, 4) is 0 Å². The van der Waals surface area contributed by atoms with E-state index in [1.165, 1.54) is 24.0 Å². The summed E-state index contributed by atoms with van der Waals surface area (Å²) in [6.07, 6.45) is 2.38. The van der Waals surface area contributed by atoms with Gasteiger partial charge < -0.3 is 10.2 Å². The lowest BCUT2D eigenvalue weighted by Crippen LogP contribution is -2.43. The minimum absolute atomic E-state index is 0. The van der Waals surface area contributed by atoms with Gasteiger partial charge in [-0.2, -0.15) is 0 Å². The maximum absolute atomic E-state index is 12.4. The third-order valence-electron chi connectivity index (χ3n) is 4.65. The van der Waals surface area contributed by atoms with Crippen molar-refractivity contribution in [3.63, 3.8) is 0 Å². The number of piperidine rings is 1. The number of benzene rings is 1. The fourth-order valence-corrected chi connectivity index (χ4v) is 3.08. The predicted molar refractivity (Wildman–Crippen MR) is 98.0 cm³/mol. The van der Waals surface area contributed by atoms with E-state index in [-0.39, 0.29) is 18.3 Å². The van der Waals surface area contributed by atoms with Gasteiger partial charge in [-0.1, -0.05) is 24.3 Å². The van der Waals surface area contributed by atoms with Gasteiger partial charge in [0.25, 0.3) is 0 Å². The van der Waals surface area contributed by atoms with Crippen LogP contribution in [0.15, 0.2) is 24.3 Å². The van der Waals surface area contributed by atoms with Crippen LogP contribution in [0, 0.1) is 12.8 Å². The van der Waals surface area contributed by atoms with Gasteiger partial charge in [-0.25, -0.2) is 0 Å². The first-order valence-electron chi connectivity index (χ1n) is 8.25. The molecule has 0 aromatic heterocycles. The quantitative estimate of drug-likeness (QED) is 0.864. The van der Waals surface area contributed by atoms with Crippen LogP contribution in [0.4, 0.5) is 0 Å². The highest BCUT2D eigenvalue weighted by molar-refractivity contribution is 5.85. The fraction of sp³-hybridized carbons (Fsp3) is 0.611. The van der Waals surface area contributed by atoms with Crippen molar-refractivity contribution in [1.82, 2.24) is 15.1 Å². The van der Waals surface area contributed by atoms with Crippen molar-refractivity contribution < 1.29 is 4.79 Å². The third kappa shape index (κ3) is 6.13. The van der Waals surface area contributed by atoms with E-state index in [9.17, 15) is 4.79 Å². The average molecular weight is 340 g/mol. The van der Waals surface area contributed by atoms with Crippen molar-refractivity contribution in [3.05, 3.63) is 35.4 Å². The largest absolute Gasteiger partial charge is 0.340 e. The molecule has 1 aromatic carbocycles. The summed E-state index contributed by atoms with van der Waals surface area (Å²) in [5.41, 5.74) is 2.47. The normalized spacial score (nSPS) is 16.0. The van der Waals surface area contributed by atoms with Crippen LogP contribution in [0.5, 0.6) is 0 Å². The Kier molecular flexibility index (Phi) is 8.59. The summed E-state index contributed by atoms with van der Waals surface area (Å²) in [7, 11) is 3.92. The van der Waals surface area contributed by atoms with Crippen LogP contribution >= 0.6 is 12.4 Å². The molecule has 0 spiro atoms. The first-order chi connectivity index (χ1) is 10.6. The van der Waals surface area contributed by atoms with Crippen LogP contribution < -0.4 is 5.32 Å². The molecule has 1 heterocycles. The lowest BCUT2D eigenvalue weighted by molar-refractivity contribution is -0.132. The number of amides is 1. The minimum atomic E-state index is 0. The molecule has 23 heavy (non-hydrogen) atoms. The SMILES string of the molecule is CNCC1CCN(CC(=O)N(C)Cc2ccccc2C)CC1.Cl. The molecular formula is C18H30ClN3O. The number of likely N-dealkylation sites (N-methyl/N-ethyl adjacent to an activating group) is 1. The van der Waals surface area contributed by atoms with Gasteiger partial charge in [-0.15, -0.1) is 12.4 Å². The summed E-state index contributed by atoms with van der Waals surface area (Å²) in [4.78, 5) is 16.5. The number of rotatable bonds is 6. The van der Waals surface area contributed by atoms with E-state index >= 15 is 0 Å². The second-order valence-electron chi connectivity index (χ2n) is 6.45. The maximum Gasteiger partial charge on any atom is 0.236 e. The third-order valence-corrected chi connectivity index (χ3v) is 4.65. The summed E-state index contributed by atoms with van der Waals surface area (Å²) in [5.74, 6) is 0.983. The van der Waals surface area contributed by atoms with Gasteiger partial charge in [-0.3, -0.25) is 9.69 Å². The molecule has 5 heteroatoms. The number of carbonyl (C=O) groups is 1. The molecular weight excluding hydrogens is 310 g/mol. The topological polar surface area (TPSA) is 35.6 Å². The van der Waals surface area contributed by atoms with E-state index in [0.29, 0.717) is 13.1 Å². The first-order valence-corrected chi connectivity index (χ1v) is 8.25. The molecule has 0 atom stereocenters. The molecule has 1 aliphatic heterocycles. The Bertz CT molecular complexity index is 487. The van der Waals surface area contributed by atoms with E-state index in [4.69, 9.17) is 0 Å². The van der Waals surface area contributed by atoms with Crippen LogP contribution in [-0.2, 0) is 11.3 Å². The summed E-state index contributed by atoms with van der Waals surface area (Å²) >= 11 is 0. The molecule has 1 aromatic rings. The molecule has 0 radical (unpaired) electrons. The Balaban J connectivity index is 0.00000264. The number of likely N-dealkylation sites (tertiary alicyclic amines) is 1. The van der Waals surface area contributed by atoms with Crippen LogP contribution in [0.2, 0.25) is 0 Å². The van der Waals surface area contributed by atoms with E-state index in [1.54, 1.807) is 0 Å². The number of aryl methyl sites for hydroxylation is 1. The zero-order valence-electron chi connectivity index (χ0n) is 14.5. The Labute approximate surface area is 146 Å². The number of nitrogens with one attached hydrogen (secondary N) is 1. The highest BCUT2D eigenvalue weighted by Crippen LogP contribution is 2.16. The van der Waals surface area contributed by atoms with Gasteiger partial charge in [0, 0.05) is 13.6 Å². The highest BCUT2D eigenvalue weighted by Gasteiger charge is 2.21. The highest BCUT2D eigenvalue weighted by atomic mass is 35.5. The number of halogens is 1. The van der Waals surface area contributed by atoms with Crippen molar-refractivity contribution >= 4 is 18.3 Å². The zero-order valence-corrected chi connectivity index (χ0v) is 15.4. The predicted octanol–water partition coefficient (Wildman–Crippen LogP) is 2.31. The second kappa shape index (κ2) is 9.91. The monoisotopic (exact) mass is 339 g/mol. The summed E-state index contributed by atoms with van der Waals surface area (Å²) in [6, 6.07) is 8.27. The van der Waals surface area contributed by atoms with Gasteiger partial charge in [0.1, 0.15) is 0 Å². The van der Waals surface area contributed by atoms with Gasteiger partial charge in [-0.05, 0) is 63.5 Å². The molecule has 130 valence electrons.